The van der Waals surface area contributed by atoms with E-state index in [1.165, 1.54) is 31.4 Å². The Morgan fingerprint density at radius 1 is 1.12 bits per heavy atom. The van der Waals surface area contributed by atoms with E-state index in [1.807, 2.05) is 0 Å². The molecule has 0 aliphatic carbocycles. The number of nitrogens with one attached hydrogen (secondary N) is 1. The van der Waals surface area contributed by atoms with Crippen molar-refractivity contribution in [2.75, 3.05) is 19.5 Å². The van der Waals surface area contributed by atoms with Crippen LogP contribution < -0.4 is 14.8 Å². The maximum absolute atomic E-state index is 12.0. The summed E-state index contributed by atoms with van der Waals surface area (Å²) in [5.41, 5.74) is 0.915. The minimum absolute atomic E-state index is 0.134. The van der Waals surface area contributed by atoms with Gasteiger partial charge in [0.1, 0.15) is 11.5 Å². The van der Waals surface area contributed by atoms with Gasteiger partial charge >= 0.3 is 0 Å². The summed E-state index contributed by atoms with van der Waals surface area (Å²) in [7, 11) is 2.99. The monoisotopic (exact) mass is 328 g/mol. The third-order valence-electron chi connectivity index (χ3n) is 3.19. The van der Waals surface area contributed by atoms with Crippen molar-refractivity contribution in [3.8, 4) is 11.5 Å². The molecule has 0 unspecified atom stereocenters. The molecule has 0 aliphatic rings. The van der Waals surface area contributed by atoms with Gasteiger partial charge in [0.15, 0.2) is 0 Å². The number of ether oxygens (including phenoxy) is 2. The third kappa shape index (κ3) is 4.33. The summed E-state index contributed by atoms with van der Waals surface area (Å²) in [5, 5.41) is 13.4. The minimum Gasteiger partial charge on any atom is -0.497 e. The van der Waals surface area contributed by atoms with Crippen molar-refractivity contribution >= 4 is 23.4 Å². The number of benzene rings is 2. The number of hydrogen-bond acceptors (Lipinski definition) is 5. The molecule has 1 amide bonds. The van der Waals surface area contributed by atoms with Gasteiger partial charge in [-0.2, -0.15) is 0 Å². The molecule has 7 heteroatoms. The normalized spacial score (nSPS) is 10.4. The second-order valence-corrected chi connectivity index (χ2v) is 4.74. The molecule has 24 heavy (non-hydrogen) atoms. The van der Waals surface area contributed by atoms with Crippen LogP contribution in [0.1, 0.15) is 5.56 Å². The van der Waals surface area contributed by atoms with Crippen LogP contribution in [0.4, 0.5) is 11.4 Å². The van der Waals surface area contributed by atoms with Gasteiger partial charge in [0.2, 0.25) is 5.91 Å². The highest BCUT2D eigenvalue weighted by atomic mass is 16.6. The summed E-state index contributed by atoms with van der Waals surface area (Å²) in [6, 6.07) is 11.1. The molecule has 0 aromatic heterocycles. The van der Waals surface area contributed by atoms with Gasteiger partial charge in [-0.05, 0) is 29.8 Å². The Kier molecular flexibility index (Phi) is 5.51. The fourth-order valence-electron chi connectivity index (χ4n) is 1.97. The Bertz CT molecular complexity index is 769. The zero-order valence-electron chi connectivity index (χ0n) is 13.2. The lowest BCUT2D eigenvalue weighted by Gasteiger charge is -2.08. The fourth-order valence-corrected chi connectivity index (χ4v) is 1.97. The van der Waals surface area contributed by atoms with Crippen LogP contribution in [0.3, 0.4) is 0 Å². The maximum atomic E-state index is 12.0. The number of non-ortho nitro benzene ring substituents is 1. The topological polar surface area (TPSA) is 90.7 Å². The highest BCUT2D eigenvalue weighted by Gasteiger charge is 2.12. The van der Waals surface area contributed by atoms with Crippen LogP contribution in [-0.4, -0.2) is 25.1 Å². The van der Waals surface area contributed by atoms with E-state index < -0.39 is 10.8 Å². The molecule has 124 valence electrons. The summed E-state index contributed by atoms with van der Waals surface area (Å²) in [6.07, 6.45) is 2.96. The van der Waals surface area contributed by atoms with Gasteiger partial charge < -0.3 is 14.8 Å². The summed E-state index contributed by atoms with van der Waals surface area (Å²) in [6.45, 7) is 0. The Morgan fingerprint density at radius 2 is 1.83 bits per heavy atom. The molecular formula is C17H16N2O5. The molecule has 0 aliphatic heterocycles. The van der Waals surface area contributed by atoms with E-state index in [0.717, 1.165) is 11.3 Å². The zero-order valence-corrected chi connectivity index (χ0v) is 13.2. The highest BCUT2D eigenvalue weighted by Crippen LogP contribution is 2.28. The number of methoxy groups -OCH3 is 2. The van der Waals surface area contributed by atoms with Crippen molar-refractivity contribution in [2.45, 2.75) is 0 Å². The van der Waals surface area contributed by atoms with Crippen LogP contribution in [0.25, 0.3) is 6.08 Å². The number of amides is 1. The number of hydrogen-bond donors (Lipinski definition) is 1. The molecule has 0 heterocycles. The van der Waals surface area contributed by atoms with Gasteiger partial charge in [-0.25, -0.2) is 0 Å². The molecule has 0 bridgehead atoms. The summed E-state index contributed by atoms with van der Waals surface area (Å²) in [4.78, 5) is 22.3. The number of rotatable bonds is 6. The molecule has 7 nitrogen and oxygen atoms in total. The summed E-state index contributed by atoms with van der Waals surface area (Å²) in [5.74, 6) is 0.634. The predicted octanol–water partition coefficient (Wildman–Crippen LogP) is 3.26. The average molecular weight is 328 g/mol. The Labute approximate surface area is 138 Å². The van der Waals surface area contributed by atoms with Crippen molar-refractivity contribution in [2.24, 2.45) is 0 Å². The lowest BCUT2D eigenvalue weighted by molar-refractivity contribution is -0.384. The molecule has 2 aromatic carbocycles. The van der Waals surface area contributed by atoms with Crippen LogP contribution in [0.2, 0.25) is 0 Å². The highest BCUT2D eigenvalue weighted by molar-refractivity contribution is 6.03. The summed E-state index contributed by atoms with van der Waals surface area (Å²) >= 11 is 0. The van der Waals surface area contributed by atoms with Gasteiger partial charge in [0.05, 0.1) is 24.8 Å². The van der Waals surface area contributed by atoms with Crippen molar-refractivity contribution in [3.63, 3.8) is 0 Å². The number of nitro benzene ring substituents is 1. The molecule has 0 saturated carbocycles. The Hall–Kier alpha value is -3.35. The Morgan fingerprint density at radius 3 is 2.42 bits per heavy atom. The van der Waals surface area contributed by atoms with Crippen LogP contribution in [0.5, 0.6) is 11.5 Å². The number of carbonyl (C=O) groups excluding carboxylic acids is 1. The molecule has 0 atom stereocenters. The van der Waals surface area contributed by atoms with Gasteiger partial charge in [-0.3, -0.25) is 14.9 Å². The quantitative estimate of drug-likeness (QED) is 0.499. The molecule has 0 fully saturated rings. The van der Waals surface area contributed by atoms with Crippen molar-refractivity contribution < 1.29 is 19.2 Å². The molecule has 2 aromatic rings. The first-order valence-electron chi connectivity index (χ1n) is 6.99. The van der Waals surface area contributed by atoms with Crippen LogP contribution in [0.15, 0.2) is 48.5 Å². The average Bonchev–Trinajstić information content (AvgIpc) is 2.60. The third-order valence-corrected chi connectivity index (χ3v) is 3.19. The molecule has 1 N–H and O–H groups in total. The van der Waals surface area contributed by atoms with E-state index >= 15 is 0 Å². The number of nitrogens with zero attached hydrogens (tertiary/aromatic N) is 1. The van der Waals surface area contributed by atoms with Crippen molar-refractivity contribution in [1.29, 1.82) is 0 Å². The minimum atomic E-state index is -0.539. The largest absolute Gasteiger partial charge is 0.497 e. The van der Waals surface area contributed by atoms with Crippen LogP contribution >= 0.6 is 0 Å². The Balaban J connectivity index is 2.12. The van der Waals surface area contributed by atoms with E-state index in [2.05, 4.69) is 5.32 Å². The van der Waals surface area contributed by atoms with Gasteiger partial charge in [-0.1, -0.05) is 12.1 Å². The molecule has 0 radical (unpaired) electrons. The first-order valence-corrected chi connectivity index (χ1v) is 6.99. The van der Waals surface area contributed by atoms with Crippen molar-refractivity contribution in [3.05, 3.63) is 64.2 Å². The molecule has 0 spiro atoms. The predicted molar refractivity (Wildman–Crippen MR) is 90.3 cm³/mol. The van der Waals surface area contributed by atoms with E-state index in [-0.39, 0.29) is 11.4 Å². The van der Waals surface area contributed by atoms with Crippen LogP contribution in [-0.2, 0) is 4.79 Å². The molecule has 0 saturated heterocycles. The fraction of sp³-hybridized carbons (Fsp3) is 0.118. The SMILES string of the molecule is COc1ccc(/C=C/C(=O)Nc2cc([N+](=O)[O-])ccc2OC)cc1. The van der Waals surface area contributed by atoms with Gasteiger partial charge in [-0.15, -0.1) is 0 Å². The lowest BCUT2D eigenvalue weighted by Crippen LogP contribution is -2.09. The first kappa shape index (κ1) is 17.0. The van der Waals surface area contributed by atoms with E-state index in [1.54, 1.807) is 37.5 Å². The standard InChI is InChI=1S/C17H16N2O5/c1-23-14-7-3-12(4-8-14)5-10-17(20)18-15-11-13(19(21)22)6-9-16(15)24-2/h3-11H,1-2H3,(H,18,20)/b10-5+. The molecule has 2 rings (SSSR count). The summed E-state index contributed by atoms with van der Waals surface area (Å²) < 4.78 is 10.2. The number of carbonyl (C=O) groups is 1. The second-order valence-electron chi connectivity index (χ2n) is 4.74. The van der Waals surface area contributed by atoms with Crippen LogP contribution in [0, 0.1) is 10.1 Å². The smallest absolute Gasteiger partial charge is 0.271 e. The van der Waals surface area contributed by atoms with E-state index in [9.17, 15) is 14.9 Å². The van der Waals surface area contributed by atoms with Gasteiger partial charge in [0, 0.05) is 18.2 Å². The maximum Gasteiger partial charge on any atom is 0.271 e. The molecular weight excluding hydrogens is 312 g/mol. The first-order chi connectivity index (χ1) is 11.5. The number of nitro groups is 1. The number of anilines is 1. The zero-order chi connectivity index (χ0) is 17.5. The van der Waals surface area contributed by atoms with Gasteiger partial charge in [0.25, 0.3) is 5.69 Å². The van der Waals surface area contributed by atoms with E-state index in [4.69, 9.17) is 9.47 Å². The second kappa shape index (κ2) is 7.77. The van der Waals surface area contributed by atoms with Crippen molar-refractivity contribution in [1.82, 2.24) is 0 Å². The lowest BCUT2D eigenvalue weighted by atomic mass is 10.2. The van der Waals surface area contributed by atoms with E-state index in [0.29, 0.717) is 5.75 Å².